The van der Waals surface area contributed by atoms with Gasteiger partial charge in [-0.05, 0) is 19.1 Å². The lowest BCUT2D eigenvalue weighted by atomic mass is 10.1. The van der Waals surface area contributed by atoms with Gasteiger partial charge in [0.1, 0.15) is 12.4 Å². The Balaban J connectivity index is 2.00. The van der Waals surface area contributed by atoms with E-state index < -0.39 is 6.10 Å². The molecule has 0 saturated carbocycles. The van der Waals surface area contributed by atoms with Gasteiger partial charge in [0, 0.05) is 17.8 Å². The number of pyridine rings is 1. The highest BCUT2D eigenvalue weighted by molar-refractivity contribution is 5.34. The van der Waals surface area contributed by atoms with E-state index in [2.05, 4.69) is 0 Å². The number of hydrogen-bond acceptors (Lipinski definition) is 3. The molecule has 0 radical (unpaired) electrons. The molecule has 19 heavy (non-hydrogen) atoms. The van der Waals surface area contributed by atoms with Crippen LogP contribution in [0.1, 0.15) is 18.6 Å². The fourth-order valence-electron chi connectivity index (χ4n) is 1.86. The van der Waals surface area contributed by atoms with E-state index in [0.717, 1.165) is 5.56 Å². The minimum absolute atomic E-state index is 0.0464. The first kappa shape index (κ1) is 13.4. The number of aliphatic hydroxyl groups excluding tert-OH is 1. The van der Waals surface area contributed by atoms with Crippen molar-refractivity contribution in [3.63, 3.8) is 0 Å². The van der Waals surface area contributed by atoms with E-state index in [1.54, 1.807) is 23.8 Å². The first-order valence-corrected chi connectivity index (χ1v) is 6.24. The topological polar surface area (TPSA) is 51.5 Å². The van der Waals surface area contributed by atoms with Gasteiger partial charge >= 0.3 is 0 Å². The number of ether oxygens (including phenoxy) is 1. The second kappa shape index (κ2) is 6.20. The van der Waals surface area contributed by atoms with Crippen LogP contribution in [0, 0.1) is 0 Å². The van der Waals surface area contributed by atoms with Crippen LogP contribution in [0.3, 0.4) is 0 Å². The normalized spacial score (nSPS) is 12.1. The van der Waals surface area contributed by atoms with Crippen molar-refractivity contribution in [2.45, 2.75) is 19.6 Å². The summed E-state index contributed by atoms with van der Waals surface area (Å²) < 4.78 is 7.23. The summed E-state index contributed by atoms with van der Waals surface area (Å²) in [6, 6.07) is 12.4. The SMILES string of the molecule is CC(O)c1ccccc1OCCn1ccccc1=O. The summed E-state index contributed by atoms with van der Waals surface area (Å²) >= 11 is 0. The Morgan fingerprint density at radius 3 is 2.68 bits per heavy atom. The molecule has 0 saturated heterocycles. The lowest BCUT2D eigenvalue weighted by Crippen LogP contribution is -2.21. The molecule has 0 fully saturated rings. The molecule has 1 unspecified atom stereocenters. The van der Waals surface area contributed by atoms with E-state index in [0.29, 0.717) is 18.9 Å². The van der Waals surface area contributed by atoms with E-state index >= 15 is 0 Å². The lowest BCUT2D eigenvalue weighted by molar-refractivity contribution is 0.190. The third-order valence-corrected chi connectivity index (χ3v) is 2.86. The third kappa shape index (κ3) is 3.45. The molecule has 100 valence electrons. The number of para-hydroxylation sites is 1. The first-order chi connectivity index (χ1) is 9.18. The summed E-state index contributed by atoms with van der Waals surface area (Å²) in [5.74, 6) is 0.654. The van der Waals surface area contributed by atoms with Gasteiger partial charge in [0.25, 0.3) is 5.56 Å². The van der Waals surface area contributed by atoms with Crippen LogP contribution in [0.4, 0.5) is 0 Å². The van der Waals surface area contributed by atoms with E-state index in [4.69, 9.17) is 4.74 Å². The van der Waals surface area contributed by atoms with Crippen LogP contribution in [-0.4, -0.2) is 16.3 Å². The molecule has 2 rings (SSSR count). The molecular weight excluding hydrogens is 242 g/mol. The predicted octanol–water partition coefficient (Wildman–Crippen LogP) is 1.98. The zero-order chi connectivity index (χ0) is 13.7. The second-order valence-electron chi connectivity index (χ2n) is 4.29. The first-order valence-electron chi connectivity index (χ1n) is 6.24. The predicted molar refractivity (Wildman–Crippen MR) is 73.3 cm³/mol. The highest BCUT2D eigenvalue weighted by Crippen LogP contribution is 2.24. The molecule has 0 bridgehead atoms. The Morgan fingerprint density at radius 2 is 1.95 bits per heavy atom. The van der Waals surface area contributed by atoms with Crippen molar-refractivity contribution in [3.05, 3.63) is 64.6 Å². The Kier molecular flexibility index (Phi) is 4.36. The minimum atomic E-state index is -0.573. The van der Waals surface area contributed by atoms with Crippen molar-refractivity contribution in [2.75, 3.05) is 6.61 Å². The molecule has 1 aromatic heterocycles. The van der Waals surface area contributed by atoms with Crippen LogP contribution < -0.4 is 10.3 Å². The lowest BCUT2D eigenvalue weighted by Gasteiger charge is -2.13. The summed E-state index contributed by atoms with van der Waals surface area (Å²) in [6.45, 7) is 2.56. The van der Waals surface area contributed by atoms with Crippen LogP contribution in [-0.2, 0) is 6.54 Å². The van der Waals surface area contributed by atoms with Gasteiger partial charge in [-0.3, -0.25) is 4.79 Å². The maximum atomic E-state index is 11.5. The molecule has 0 aliphatic heterocycles. The van der Waals surface area contributed by atoms with Gasteiger partial charge in [0.15, 0.2) is 0 Å². The Hall–Kier alpha value is -2.07. The number of benzene rings is 1. The highest BCUT2D eigenvalue weighted by atomic mass is 16.5. The number of aromatic nitrogens is 1. The van der Waals surface area contributed by atoms with E-state index in [-0.39, 0.29) is 5.56 Å². The third-order valence-electron chi connectivity index (χ3n) is 2.86. The Bertz CT molecular complexity index is 590. The number of hydrogen-bond donors (Lipinski definition) is 1. The molecule has 1 atom stereocenters. The largest absolute Gasteiger partial charge is 0.491 e. The molecule has 2 aromatic rings. The molecule has 1 N–H and O–H groups in total. The fourth-order valence-corrected chi connectivity index (χ4v) is 1.86. The van der Waals surface area contributed by atoms with Crippen LogP contribution in [0.5, 0.6) is 5.75 Å². The van der Waals surface area contributed by atoms with Crippen molar-refractivity contribution in [1.29, 1.82) is 0 Å². The van der Waals surface area contributed by atoms with Crippen molar-refractivity contribution in [3.8, 4) is 5.75 Å². The second-order valence-corrected chi connectivity index (χ2v) is 4.29. The summed E-state index contributed by atoms with van der Waals surface area (Å²) in [6.07, 6.45) is 1.15. The molecule has 0 amide bonds. The quantitative estimate of drug-likeness (QED) is 0.893. The Labute approximate surface area is 111 Å². The standard InChI is InChI=1S/C15H17NO3/c1-12(17)13-6-2-3-7-14(13)19-11-10-16-9-5-4-8-15(16)18/h2-9,12,17H,10-11H2,1H3. The van der Waals surface area contributed by atoms with E-state index in [1.807, 2.05) is 30.3 Å². The molecule has 4 nitrogen and oxygen atoms in total. The van der Waals surface area contributed by atoms with Gasteiger partial charge in [-0.15, -0.1) is 0 Å². The molecule has 0 spiro atoms. The molecule has 1 heterocycles. The average molecular weight is 259 g/mol. The summed E-state index contributed by atoms with van der Waals surface area (Å²) in [4.78, 5) is 11.5. The molecule has 0 aliphatic carbocycles. The van der Waals surface area contributed by atoms with Crippen LogP contribution >= 0.6 is 0 Å². The summed E-state index contributed by atoms with van der Waals surface area (Å²) in [5, 5.41) is 9.63. The summed E-state index contributed by atoms with van der Waals surface area (Å²) in [5.41, 5.74) is 0.706. The van der Waals surface area contributed by atoms with Crippen molar-refractivity contribution >= 4 is 0 Å². The van der Waals surface area contributed by atoms with Gasteiger partial charge < -0.3 is 14.4 Å². The zero-order valence-electron chi connectivity index (χ0n) is 10.8. The van der Waals surface area contributed by atoms with Crippen molar-refractivity contribution < 1.29 is 9.84 Å². The van der Waals surface area contributed by atoms with Gasteiger partial charge in [-0.25, -0.2) is 0 Å². The van der Waals surface area contributed by atoms with Crippen molar-refractivity contribution in [1.82, 2.24) is 4.57 Å². The maximum Gasteiger partial charge on any atom is 0.250 e. The number of aliphatic hydroxyl groups is 1. The monoisotopic (exact) mass is 259 g/mol. The van der Waals surface area contributed by atoms with Crippen LogP contribution in [0.2, 0.25) is 0 Å². The van der Waals surface area contributed by atoms with Gasteiger partial charge in [-0.2, -0.15) is 0 Å². The maximum absolute atomic E-state index is 11.5. The molecular formula is C15H17NO3. The fraction of sp³-hybridized carbons (Fsp3) is 0.267. The van der Waals surface area contributed by atoms with Crippen LogP contribution in [0.25, 0.3) is 0 Å². The van der Waals surface area contributed by atoms with Crippen molar-refractivity contribution in [2.24, 2.45) is 0 Å². The summed E-state index contributed by atoms with van der Waals surface area (Å²) in [7, 11) is 0. The number of nitrogens with zero attached hydrogens (tertiary/aromatic N) is 1. The zero-order valence-corrected chi connectivity index (χ0v) is 10.8. The Morgan fingerprint density at radius 1 is 1.21 bits per heavy atom. The smallest absolute Gasteiger partial charge is 0.250 e. The van der Waals surface area contributed by atoms with Crippen LogP contribution in [0.15, 0.2) is 53.5 Å². The highest BCUT2D eigenvalue weighted by Gasteiger charge is 2.07. The van der Waals surface area contributed by atoms with Gasteiger partial charge in [-0.1, -0.05) is 24.3 Å². The van der Waals surface area contributed by atoms with Gasteiger partial charge in [0.2, 0.25) is 0 Å². The average Bonchev–Trinajstić information content (AvgIpc) is 2.41. The number of rotatable bonds is 5. The van der Waals surface area contributed by atoms with E-state index in [1.165, 1.54) is 6.07 Å². The van der Waals surface area contributed by atoms with Gasteiger partial charge in [0.05, 0.1) is 12.6 Å². The van der Waals surface area contributed by atoms with E-state index in [9.17, 15) is 9.90 Å². The molecule has 4 heteroatoms. The molecule has 1 aromatic carbocycles. The minimum Gasteiger partial charge on any atom is -0.491 e. The molecule has 0 aliphatic rings.